The quantitative estimate of drug-likeness (QED) is 0.670. The summed E-state index contributed by atoms with van der Waals surface area (Å²) in [6.45, 7) is 0. The highest BCUT2D eigenvalue weighted by Crippen LogP contribution is 2.30. The predicted molar refractivity (Wildman–Crippen MR) is 85.9 cm³/mol. The Morgan fingerprint density at radius 1 is 1.20 bits per heavy atom. The molecule has 0 aliphatic carbocycles. The van der Waals surface area contributed by atoms with Crippen molar-refractivity contribution in [3.8, 4) is 5.75 Å². The molecule has 1 N–H and O–H groups in total. The number of aromatic nitrogens is 1. The molecule has 2 aromatic rings. The fraction of sp³-hybridized carbons (Fsp3) is 0.294. The Morgan fingerprint density at radius 2 is 1.88 bits per heavy atom. The van der Waals surface area contributed by atoms with E-state index in [9.17, 15) is 18.0 Å². The smallest absolute Gasteiger partial charge is 0.389 e. The summed E-state index contributed by atoms with van der Waals surface area (Å²) < 4.78 is 42.9. The van der Waals surface area contributed by atoms with Crippen LogP contribution < -0.4 is 4.74 Å². The molecular formula is C17H15ClF3NO3. The first-order chi connectivity index (χ1) is 11.7. The van der Waals surface area contributed by atoms with Crippen molar-refractivity contribution in [2.75, 3.05) is 0 Å². The number of carboxylic acids is 1. The van der Waals surface area contributed by atoms with Crippen molar-refractivity contribution in [3.63, 3.8) is 0 Å². The summed E-state index contributed by atoms with van der Waals surface area (Å²) in [5, 5.41) is 9.20. The molecular weight excluding hydrogens is 359 g/mol. The fourth-order valence-corrected chi connectivity index (χ4v) is 2.33. The summed E-state index contributed by atoms with van der Waals surface area (Å²) in [5.41, 5.74) is 0.674. The summed E-state index contributed by atoms with van der Waals surface area (Å²) in [5.74, 6) is -0.716. The lowest BCUT2D eigenvalue weighted by molar-refractivity contribution is -0.136. The average molecular weight is 374 g/mol. The molecule has 0 fully saturated rings. The summed E-state index contributed by atoms with van der Waals surface area (Å²) >= 11 is 5.70. The van der Waals surface area contributed by atoms with E-state index >= 15 is 0 Å². The Hall–Kier alpha value is -2.28. The maximum absolute atomic E-state index is 12.4. The molecule has 1 aromatic carbocycles. The predicted octanol–water partition coefficient (Wildman–Crippen LogP) is 5.29. The van der Waals surface area contributed by atoms with E-state index in [1.807, 2.05) is 0 Å². The van der Waals surface area contributed by atoms with Crippen LogP contribution >= 0.6 is 11.6 Å². The molecule has 1 unspecified atom stereocenters. The van der Waals surface area contributed by atoms with E-state index in [-0.39, 0.29) is 23.6 Å². The van der Waals surface area contributed by atoms with Gasteiger partial charge in [0, 0.05) is 6.42 Å². The minimum atomic E-state index is -4.24. The maximum Gasteiger partial charge on any atom is 0.389 e. The number of carbonyl (C=O) groups is 1. The molecule has 0 saturated heterocycles. The summed E-state index contributed by atoms with van der Waals surface area (Å²) in [6, 6.07) is 8.92. The number of carboxylic acid groups (broad SMARTS) is 1. The van der Waals surface area contributed by atoms with E-state index in [0.29, 0.717) is 11.3 Å². The van der Waals surface area contributed by atoms with Gasteiger partial charge < -0.3 is 9.84 Å². The fourth-order valence-electron chi connectivity index (χ4n) is 2.22. The van der Waals surface area contributed by atoms with E-state index < -0.39 is 24.7 Å². The number of alkyl halides is 3. The number of nitrogens with zero attached hydrogens (tertiary/aromatic N) is 1. The number of hydrogen-bond acceptors (Lipinski definition) is 3. The molecule has 1 heterocycles. The molecule has 2 rings (SSSR count). The van der Waals surface area contributed by atoms with Crippen molar-refractivity contribution in [2.24, 2.45) is 0 Å². The van der Waals surface area contributed by atoms with E-state index in [0.717, 1.165) is 0 Å². The van der Waals surface area contributed by atoms with E-state index in [2.05, 4.69) is 4.98 Å². The van der Waals surface area contributed by atoms with Gasteiger partial charge in [0.05, 0.1) is 11.8 Å². The zero-order chi connectivity index (χ0) is 18.4. The highest BCUT2D eigenvalue weighted by Gasteiger charge is 2.27. The highest BCUT2D eigenvalue weighted by molar-refractivity contribution is 6.29. The Bertz CT molecular complexity index is 703. The van der Waals surface area contributed by atoms with Gasteiger partial charge >= 0.3 is 12.1 Å². The summed E-state index contributed by atoms with van der Waals surface area (Å²) in [4.78, 5) is 14.8. The number of rotatable bonds is 7. The monoisotopic (exact) mass is 373 g/mol. The third-order valence-electron chi connectivity index (χ3n) is 3.43. The van der Waals surface area contributed by atoms with Crippen LogP contribution in [-0.2, 0) is 0 Å². The van der Waals surface area contributed by atoms with E-state index in [1.165, 1.54) is 36.5 Å². The molecule has 134 valence electrons. The molecule has 1 atom stereocenters. The minimum absolute atomic E-state index is 0.0888. The van der Waals surface area contributed by atoms with Gasteiger partial charge in [-0.1, -0.05) is 23.7 Å². The first-order valence-electron chi connectivity index (χ1n) is 7.43. The van der Waals surface area contributed by atoms with Gasteiger partial charge in [-0.15, -0.1) is 0 Å². The van der Waals surface area contributed by atoms with Gasteiger partial charge in [0.2, 0.25) is 0 Å². The molecule has 0 aliphatic rings. The van der Waals surface area contributed by atoms with Gasteiger partial charge in [0.1, 0.15) is 17.0 Å². The van der Waals surface area contributed by atoms with Crippen LogP contribution in [-0.4, -0.2) is 22.2 Å². The standard InChI is InChI=1S/C17H15ClF3NO3/c18-15-8-7-13(10-22-15)25-14(2-1-9-17(19,20)21)11-3-5-12(6-4-11)16(23)24/h3-8,10,14H,1-2,9H2,(H,23,24). The van der Waals surface area contributed by atoms with Gasteiger partial charge in [-0.25, -0.2) is 9.78 Å². The van der Waals surface area contributed by atoms with Crippen LogP contribution in [0.2, 0.25) is 5.15 Å². The number of aromatic carboxylic acids is 1. The zero-order valence-corrected chi connectivity index (χ0v) is 13.7. The zero-order valence-electron chi connectivity index (χ0n) is 13.0. The highest BCUT2D eigenvalue weighted by atomic mass is 35.5. The van der Waals surface area contributed by atoms with Crippen LogP contribution in [0, 0.1) is 0 Å². The van der Waals surface area contributed by atoms with Crippen LogP contribution in [0.4, 0.5) is 13.2 Å². The SMILES string of the molecule is O=C(O)c1ccc(C(CCCC(F)(F)F)Oc2ccc(Cl)nc2)cc1. The van der Waals surface area contributed by atoms with Crippen molar-refractivity contribution < 1.29 is 27.8 Å². The lowest BCUT2D eigenvalue weighted by Gasteiger charge is -2.20. The largest absolute Gasteiger partial charge is 0.484 e. The topological polar surface area (TPSA) is 59.4 Å². The molecule has 0 amide bonds. The van der Waals surface area contributed by atoms with Crippen LogP contribution in [0.1, 0.15) is 41.3 Å². The van der Waals surface area contributed by atoms with Crippen LogP contribution in [0.3, 0.4) is 0 Å². The number of hydrogen-bond donors (Lipinski definition) is 1. The van der Waals surface area contributed by atoms with Gasteiger partial charge in [-0.3, -0.25) is 0 Å². The molecule has 0 radical (unpaired) electrons. The summed E-state index contributed by atoms with van der Waals surface area (Å²) in [6.07, 6.45) is -4.43. The van der Waals surface area contributed by atoms with Crippen molar-refractivity contribution in [1.82, 2.24) is 4.98 Å². The second kappa shape index (κ2) is 8.20. The molecule has 0 bridgehead atoms. The number of benzene rings is 1. The Balaban J connectivity index is 2.15. The molecule has 25 heavy (non-hydrogen) atoms. The lowest BCUT2D eigenvalue weighted by Crippen LogP contribution is -2.12. The second-order valence-corrected chi connectivity index (χ2v) is 5.74. The number of halogens is 4. The number of ether oxygens (including phenoxy) is 1. The molecule has 0 aliphatic heterocycles. The molecule has 4 nitrogen and oxygen atoms in total. The van der Waals surface area contributed by atoms with Crippen LogP contribution in [0.15, 0.2) is 42.6 Å². The first kappa shape index (κ1) is 19.1. The molecule has 0 saturated carbocycles. The lowest BCUT2D eigenvalue weighted by atomic mass is 10.0. The van der Waals surface area contributed by atoms with E-state index in [1.54, 1.807) is 6.07 Å². The van der Waals surface area contributed by atoms with E-state index in [4.69, 9.17) is 21.4 Å². The van der Waals surface area contributed by atoms with Gasteiger partial charge in [0.25, 0.3) is 0 Å². The van der Waals surface area contributed by atoms with Crippen molar-refractivity contribution in [2.45, 2.75) is 31.5 Å². The Morgan fingerprint density at radius 3 is 2.40 bits per heavy atom. The first-order valence-corrected chi connectivity index (χ1v) is 7.80. The van der Waals surface area contributed by atoms with Crippen molar-refractivity contribution in [1.29, 1.82) is 0 Å². The molecule has 0 spiro atoms. The normalized spacial score (nSPS) is 12.6. The third kappa shape index (κ3) is 6.26. The minimum Gasteiger partial charge on any atom is -0.484 e. The average Bonchev–Trinajstić information content (AvgIpc) is 2.55. The van der Waals surface area contributed by atoms with Gasteiger partial charge in [0.15, 0.2) is 0 Å². The molecule has 8 heteroatoms. The van der Waals surface area contributed by atoms with Crippen molar-refractivity contribution in [3.05, 3.63) is 58.9 Å². The maximum atomic E-state index is 12.4. The van der Waals surface area contributed by atoms with Crippen molar-refractivity contribution >= 4 is 17.6 Å². The van der Waals surface area contributed by atoms with Gasteiger partial charge in [-0.2, -0.15) is 13.2 Å². The Kier molecular flexibility index (Phi) is 6.25. The third-order valence-corrected chi connectivity index (χ3v) is 3.66. The second-order valence-electron chi connectivity index (χ2n) is 5.36. The van der Waals surface area contributed by atoms with Crippen LogP contribution in [0.25, 0.3) is 0 Å². The van der Waals surface area contributed by atoms with Crippen LogP contribution in [0.5, 0.6) is 5.75 Å². The summed E-state index contributed by atoms with van der Waals surface area (Å²) in [7, 11) is 0. The van der Waals surface area contributed by atoms with Gasteiger partial charge in [-0.05, 0) is 42.7 Å². The molecule has 1 aromatic heterocycles. The number of pyridine rings is 1. The Labute approximate surface area is 147 Å².